The van der Waals surface area contributed by atoms with Gasteiger partial charge in [0.15, 0.2) is 5.60 Å². The molecule has 0 aliphatic carbocycles. The molecule has 0 N–H and O–H groups in total. The molecule has 1 unspecified atom stereocenters. The van der Waals surface area contributed by atoms with Gasteiger partial charge in [-0.15, -0.1) is 0 Å². The number of ether oxygens (including phenoxy) is 1. The molecule has 0 amide bonds. The first-order valence-electron chi connectivity index (χ1n) is 6.68. The SMILES string of the molecule is CCC1(c2ccccc2)CN=C(c2ccccc2)O1. The molecule has 2 aromatic carbocycles. The van der Waals surface area contributed by atoms with Gasteiger partial charge in [-0.05, 0) is 24.1 Å². The molecule has 19 heavy (non-hydrogen) atoms. The maximum atomic E-state index is 6.22. The smallest absolute Gasteiger partial charge is 0.217 e. The first-order chi connectivity index (χ1) is 9.34. The van der Waals surface area contributed by atoms with Gasteiger partial charge in [-0.2, -0.15) is 0 Å². The van der Waals surface area contributed by atoms with Gasteiger partial charge >= 0.3 is 0 Å². The summed E-state index contributed by atoms with van der Waals surface area (Å²) in [6.45, 7) is 2.84. The normalized spacial score (nSPS) is 21.8. The predicted molar refractivity (Wildman–Crippen MR) is 77.3 cm³/mol. The van der Waals surface area contributed by atoms with E-state index in [0.717, 1.165) is 17.9 Å². The maximum Gasteiger partial charge on any atom is 0.217 e. The number of aliphatic imine (C=N–C) groups is 1. The monoisotopic (exact) mass is 251 g/mol. The molecule has 1 aliphatic heterocycles. The summed E-state index contributed by atoms with van der Waals surface area (Å²) in [4.78, 5) is 4.60. The van der Waals surface area contributed by atoms with Crippen molar-refractivity contribution < 1.29 is 4.74 Å². The molecule has 1 aliphatic rings. The van der Waals surface area contributed by atoms with Crippen LogP contribution in [0, 0.1) is 0 Å². The number of nitrogens with zero attached hydrogens (tertiary/aromatic N) is 1. The molecule has 1 atom stereocenters. The van der Waals surface area contributed by atoms with Gasteiger partial charge in [0.25, 0.3) is 0 Å². The molecule has 0 fully saturated rings. The fraction of sp³-hybridized carbons (Fsp3) is 0.235. The van der Waals surface area contributed by atoms with Gasteiger partial charge in [-0.25, -0.2) is 4.99 Å². The Labute approximate surface area is 113 Å². The van der Waals surface area contributed by atoms with E-state index in [2.05, 4.69) is 36.2 Å². The van der Waals surface area contributed by atoms with Crippen molar-refractivity contribution in [3.05, 3.63) is 71.8 Å². The van der Waals surface area contributed by atoms with E-state index < -0.39 is 0 Å². The average Bonchev–Trinajstić information content (AvgIpc) is 2.95. The molecule has 0 spiro atoms. The molecule has 2 nitrogen and oxygen atoms in total. The number of rotatable bonds is 3. The molecule has 2 aromatic rings. The van der Waals surface area contributed by atoms with Crippen LogP contribution in [0.2, 0.25) is 0 Å². The molecular weight excluding hydrogens is 234 g/mol. The van der Waals surface area contributed by atoms with Crippen molar-refractivity contribution in [2.24, 2.45) is 4.99 Å². The Morgan fingerprint density at radius 2 is 1.63 bits per heavy atom. The van der Waals surface area contributed by atoms with Crippen molar-refractivity contribution in [3.8, 4) is 0 Å². The van der Waals surface area contributed by atoms with Crippen molar-refractivity contribution in [2.75, 3.05) is 6.54 Å². The van der Waals surface area contributed by atoms with Crippen molar-refractivity contribution in [1.82, 2.24) is 0 Å². The lowest BCUT2D eigenvalue weighted by molar-refractivity contribution is 0.0818. The predicted octanol–water partition coefficient (Wildman–Crippen LogP) is 3.77. The molecule has 0 saturated carbocycles. The van der Waals surface area contributed by atoms with Gasteiger partial charge in [-0.3, -0.25) is 0 Å². The van der Waals surface area contributed by atoms with Crippen LogP contribution in [0.25, 0.3) is 0 Å². The van der Waals surface area contributed by atoms with Gasteiger partial charge in [0.2, 0.25) is 5.90 Å². The highest BCUT2D eigenvalue weighted by Gasteiger charge is 2.38. The Morgan fingerprint density at radius 1 is 1.00 bits per heavy atom. The highest BCUT2D eigenvalue weighted by molar-refractivity contribution is 5.95. The summed E-state index contributed by atoms with van der Waals surface area (Å²) in [6.07, 6.45) is 0.914. The Morgan fingerprint density at radius 3 is 2.26 bits per heavy atom. The second kappa shape index (κ2) is 4.88. The Kier molecular flexibility index (Phi) is 3.08. The molecule has 0 radical (unpaired) electrons. The van der Waals surface area contributed by atoms with Crippen LogP contribution in [-0.2, 0) is 10.3 Å². The Bertz CT molecular complexity index is 577. The zero-order valence-electron chi connectivity index (χ0n) is 11.0. The molecule has 0 bridgehead atoms. The molecule has 3 rings (SSSR count). The molecule has 96 valence electrons. The quantitative estimate of drug-likeness (QED) is 0.813. The second-order valence-corrected chi connectivity index (χ2v) is 4.80. The highest BCUT2D eigenvalue weighted by atomic mass is 16.5. The summed E-state index contributed by atoms with van der Waals surface area (Å²) in [7, 11) is 0. The van der Waals surface area contributed by atoms with Gasteiger partial charge in [-0.1, -0.05) is 55.5 Å². The molecule has 1 heterocycles. The van der Waals surface area contributed by atoms with Crippen LogP contribution in [-0.4, -0.2) is 12.4 Å². The van der Waals surface area contributed by atoms with E-state index in [0.29, 0.717) is 6.54 Å². The van der Waals surface area contributed by atoms with E-state index in [1.54, 1.807) is 0 Å². The van der Waals surface area contributed by atoms with Crippen LogP contribution < -0.4 is 0 Å². The summed E-state index contributed by atoms with van der Waals surface area (Å²) in [5.74, 6) is 0.756. The van der Waals surface area contributed by atoms with Crippen LogP contribution in [0.5, 0.6) is 0 Å². The lowest BCUT2D eigenvalue weighted by atomic mass is 9.91. The van der Waals surface area contributed by atoms with E-state index in [1.165, 1.54) is 5.56 Å². The Balaban J connectivity index is 1.90. The topological polar surface area (TPSA) is 21.6 Å². The van der Waals surface area contributed by atoms with Crippen LogP contribution in [0.3, 0.4) is 0 Å². The van der Waals surface area contributed by atoms with Gasteiger partial charge < -0.3 is 4.74 Å². The number of hydrogen-bond donors (Lipinski definition) is 0. The van der Waals surface area contributed by atoms with Gasteiger partial charge in [0.05, 0.1) is 6.54 Å². The third kappa shape index (κ3) is 2.14. The van der Waals surface area contributed by atoms with Gasteiger partial charge in [0, 0.05) is 5.56 Å². The fourth-order valence-electron chi connectivity index (χ4n) is 2.46. The van der Waals surface area contributed by atoms with Crippen molar-refractivity contribution in [3.63, 3.8) is 0 Å². The van der Waals surface area contributed by atoms with Crippen LogP contribution >= 0.6 is 0 Å². The zero-order chi connectivity index (χ0) is 13.1. The van der Waals surface area contributed by atoms with Crippen LogP contribution in [0.1, 0.15) is 24.5 Å². The zero-order valence-corrected chi connectivity index (χ0v) is 11.0. The molecule has 2 heteroatoms. The number of benzene rings is 2. The van der Waals surface area contributed by atoms with Crippen LogP contribution in [0.4, 0.5) is 0 Å². The standard InChI is InChI=1S/C17H17NO/c1-2-17(15-11-7-4-8-12-15)13-18-16(19-17)14-9-5-3-6-10-14/h3-12H,2,13H2,1H3. The van der Waals surface area contributed by atoms with E-state index in [9.17, 15) is 0 Å². The first-order valence-corrected chi connectivity index (χ1v) is 6.68. The van der Waals surface area contributed by atoms with Crippen molar-refractivity contribution >= 4 is 5.90 Å². The summed E-state index contributed by atoms with van der Waals surface area (Å²) >= 11 is 0. The lowest BCUT2D eigenvalue weighted by Crippen LogP contribution is -2.29. The first kappa shape index (κ1) is 12.0. The number of hydrogen-bond acceptors (Lipinski definition) is 2. The molecular formula is C17H17NO. The summed E-state index contributed by atoms with van der Waals surface area (Å²) in [6, 6.07) is 20.5. The average molecular weight is 251 g/mol. The second-order valence-electron chi connectivity index (χ2n) is 4.80. The van der Waals surface area contributed by atoms with Crippen molar-refractivity contribution in [2.45, 2.75) is 18.9 Å². The van der Waals surface area contributed by atoms with E-state index in [1.807, 2.05) is 36.4 Å². The minimum atomic E-state index is -0.299. The summed E-state index contributed by atoms with van der Waals surface area (Å²) in [5.41, 5.74) is 1.95. The minimum absolute atomic E-state index is 0.299. The third-order valence-electron chi connectivity index (χ3n) is 3.66. The maximum absolute atomic E-state index is 6.22. The van der Waals surface area contributed by atoms with E-state index >= 15 is 0 Å². The Hall–Kier alpha value is -2.09. The molecule has 0 aromatic heterocycles. The summed E-state index contributed by atoms with van der Waals surface area (Å²) in [5, 5.41) is 0. The third-order valence-corrected chi connectivity index (χ3v) is 3.66. The fourth-order valence-corrected chi connectivity index (χ4v) is 2.46. The minimum Gasteiger partial charge on any atom is -0.464 e. The van der Waals surface area contributed by atoms with Crippen LogP contribution in [0.15, 0.2) is 65.7 Å². The van der Waals surface area contributed by atoms with E-state index in [-0.39, 0.29) is 5.60 Å². The van der Waals surface area contributed by atoms with Crippen molar-refractivity contribution in [1.29, 1.82) is 0 Å². The summed E-state index contributed by atoms with van der Waals surface area (Å²) < 4.78 is 6.22. The largest absolute Gasteiger partial charge is 0.464 e. The van der Waals surface area contributed by atoms with Gasteiger partial charge in [0.1, 0.15) is 0 Å². The highest BCUT2D eigenvalue weighted by Crippen LogP contribution is 2.35. The lowest BCUT2D eigenvalue weighted by Gasteiger charge is -2.27. The van der Waals surface area contributed by atoms with E-state index in [4.69, 9.17) is 4.74 Å². The molecule has 0 saturated heterocycles.